The van der Waals surface area contributed by atoms with Crippen LogP contribution in [0, 0.1) is 6.92 Å². The Morgan fingerprint density at radius 3 is 2.33 bits per heavy atom. The van der Waals surface area contributed by atoms with Crippen LogP contribution in [0.25, 0.3) is 0 Å². The smallest absolute Gasteiger partial charge is 0.271 e. The van der Waals surface area contributed by atoms with Crippen LogP contribution in [0.3, 0.4) is 0 Å². The van der Waals surface area contributed by atoms with Crippen LogP contribution < -0.4 is 5.32 Å². The van der Waals surface area contributed by atoms with E-state index in [1.807, 2.05) is 30.8 Å². The first-order chi connectivity index (χ1) is 14.3. The number of amides is 1. The van der Waals surface area contributed by atoms with Gasteiger partial charge in [0.2, 0.25) is 0 Å². The highest BCUT2D eigenvalue weighted by Gasteiger charge is 2.17. The Hall–Kier alpha value is -2.31. The fourth-order valence-corrected chi connectivity index (χ4v) is 4.18. The zero-order valence-electron chi connectivity index (χ0n) is 17.8. The quantitative estimate of drug-likeness (QED) is 0.557. The minimum absolute atomic E-state index is 0.173. The number of aromatic nitrogens is 4. The average Bonchev–Trinajstić information content (AvgIpc) is 3.20. The molecule has 0 saturated heterocycles. The van der Waals surface area contributed by atoms with Crippen molar-refractivity contribution < 1.29 is 4.79 Å². The molecule has 1 amide bonds. The Bertz CT molecular complexity index is 1010. The lowest BCUT2D eigenvalue weighted by atomic mass is 10.0. The molecule has 0 saturated carbocycles. The van der Waals surface area contributed by atoms with Gasteiger partial charge in [-0.3, -0.25) is 14.2 Å². The Kier molecular flexibility index (Phi) is 7.21. The summed E-state index contributed by atoms with van der Waals surface area (Å²) in [7, 11) is 1.82. The van der Waals surface area contributed by atoms with Crippen molar-refractivity contribution in [2.45, 2.75) is 46.6 Å². The largest absolute Gasteiger partial charge is 0.349 e. The topological polar surface area (TPSA) is 64.7 Å². The summed E-state index contributed by atoms with van der Waals surface area (Å²) in [5.74, 6) is -0.173. The lowest BCUT2D eigenvalue weighted by Crippen LogP contribution is -2.28. The summed E-state index contributed by atoms with van der Waals surface area (Å²) >= 11 is 12.4. The molecule has 2 aromatic heterocycles. The van der Waals surface area contributed by atoms with Gasteiger partial charge in [0.25, 0.3) is 5.91 Å². The molecule has 0 aliphatic carbocycles. The highest BCUT2D eigenvalue weighted by atomic mass is 35.5. The molecule has 3 aromatic rings. The van der Waals surface area contributed by atoms with E-state index in [1.54, 1.807) is 16.8 Å². The first kappa shape index (κ1) is 22.4. The van der Waals surface area contributed by atoms with Crippen LogP contribution in [-0.2, 0) is 32.9 Å². The Balaban J connectivity index is 1.74. The van der Waals surface area contributed by atoms with Gasteiger partial charge in [-0.25, -0.2) is 0 Å². The van der Waals surface area contributed by atoms with Crippen molar-refractivity contribution in [3.8, 4) is 0 Å². The number of hydrogen-bond acceptors (Lipinski definition) is 3. The summed E-state index contributed by atoms with van der Waals surface area (Å²) in [6.45, 7) is 7.23. The third-order valence-electron chi connectivity index (χ3n) is 5.18. The maximum atomic E-state index is 12.3. The summed E-state index contributed by atoms with van der Waals surface area (Å²) in [4.78, 5) is 12.3. The molecule has 0 unspecified atom stereocenters. The molecule has 0 atom stereocenters. The lowest BCUT2D eigenvalue weighted by Gasteiger charge is -2.09. The van der Waals surface area contributed by atoms with Gasteiger partial charge in [0, 0.05) is 47.0 Å². The molecular weight excluding hydrogens is 421 g/mol. The number of hydrogen-bond donors (Lipinski definition) is 1. The van der Waals surface area contributed by atoms with E-state index in [1.165, 1.54) is 11.3 Å². The number of carbonyl (C=O) groups is 1. The Labute approximate surface area is 187 Å². The molecule has 2 heterocycles. The molecule has 160 valence electrons. The molecule has 1 aromatic carbocycles. The minimum Gasteiger partial charge on any atom is -0.349 e. The highest BCUT2D eigenvalue weighted by Crippen LogP contribution is 2.25. The van der Waals surface area contributed by atoms with Gasteiger partial charge < -0.3 is 5.32 Å². The second kappa shape index (κ2) is 9.67. The third-order valence-corrected chi connectivity index (χ3v) is 5.61. The van der Waals surface area contributed by atoms with Crippen molar-refractivity contribution in [3.63, 3.8) is 0 Å². The molecule has 0 radical (unpaired) electrons. The average molecular weight is 448 g/mol. The SMILES string of the molecule is CCc1nn(CCNC(=O)c2cc(C)n(C)n2)c(CC)c1Cc1cc(Cl)cc(Cl)c1. The van der Waals surface area contributed by atoms with E-state index in [-0.39, 0.29) is 5.91 Å². The molecule has 30 heavy (non-hydrogen) atoms. The number of rotatable bonds is 8. The molecular formula is C22H27Cl2N5O. The Morgan fingerprint density at radius 2 is 1.77 bits per heavy atom. The highest BCUT2D eigenvalue weighted by molar-refractivity contribution is 6.34. The fourth-order valence-electron chi connectivity index (χ4n) is 3.61. The van der Waals surface area contributed by atoms with Crippen LogP contribution in [-0.4, -0.2) is 32.0 Å². The number of aryl methyl sites for hydroxylation is 3. The fraction of sp³-hybridized carbons (Fsp3) is 0.409. The monoisotopic (exact) mass is 447 g/mol. The van der Waals surface area contributed by atoms with E-state index in [0.29, 0.717) is 28.8 Å². The number of nitrogens with one attached hydrogen (secondary N) is 1. The van der Waals surface area contributed by atoms with Crippen molar-refractivity contribution >= 4 is 29.1 Å². The van der Waals surface area contributed by atoms with Crippen LogP contribution in [0.15, 0.2) is 24.3 Å². The van der Waals surface area contributed by atoms with E-state index in [4.69, 9.17) is 28.3 Å². The summed E-state index contributed by atoms with van der Waals surface area (Å²) in [6, 6.07) is 7.41. The van der Waals surface area contributed by atoms with Crippen LogP contribution in [0.1, 0.15) is 52.5 Å². The molecule has 3 rings (SSSR count). The summed E-state index contributed by atoms with van der Waals surface area (Å²) < 4.78 is 3.70. The van der Waals surface area contributed by atoms with Gasteiger partial charge in [0.05, 0.1) is 12.2 Å². The van der Waals surface area contributed by atoms with Gasteiger partial charge in [-0.05, 0) is 49.6 Å². The zero-order chi connectivity index (χ0) is 21.8. The summed E-state index contributed by atoms with van der Waals surface area (Å²) in [6.07, 6.45) is 2.42. The molecule has 0 aliphatic rings. The van der Waals surface area contributed by atoms with Gasteiger partial charge in [0.1, 0.15) is 5.69 Å². The van der Waals surface area contributed by atoms with Crippen molar-refractivity contribution in [3.05, 3.63) is 68.2 Å². The molecule has 8 heteroatoms. The number of benzene rings is 1. The van der Waals surface area contributed by atoms with Crippen LogP contribution in [0.4, 0.5) is 0 Å². The predicted molar refractivity (Wildman–Crippen MR) is 121 cm³/mol. The van der Waals surface area contributed by atoms with Gasteiger partial charge in [-0.15, -0.1) is 0 Å². The number of carbonyl (C=O) groups excluding carboxylic acids is 1. The van der Waals surface area contributed by atoms with Gasteiger partial charge >= 0.3 is 0 Å². The van der Waals surface area contributed by atoms with Gasteiger partial charge in [-0.2, -0.15) is 10.2 Å². The number of nitrogens with zero attached hydrogens (tertiary/aromatic N) is 4. The van der Waals surface area contributed by atoms with Crippen molar-refractivity contribution in [2.75, 3.05) is 6.54 Å². The van der Waals surface area contributed by atoms with Gasteiger partial charge in [0.15, 0.2) is 0 Å². The number of halogens is 2. The van der Waals surface area contributed by atoms with E-state index < -0.39 is 0 Å². The standard InChI is InChI=1S/C22H27Cl2N5O/c1-5-19-18(12-15-10-16(23)13-17(24)11-15)21(6-2)29(27-19)8-7-25-22(30)20-9-14(3)28(4)26-20/h9-11,13H,5-8,12H2,1-4H3,(H,25,30). The van der Waals surface area contributed by atoms with E-state index >= 15 is 0 Å². The zero-order valence-corrected chi connectivity index (χ0v) is 19.3. The van der Waals surface area contributed by atoms with Crippen LogP contribution in [0.2, 0.25) is 10.0 Å². The summed E-state index contributed by atoms with van der Waals surface area (Å²) in [5, 5.41) is 13.2. The van der Waals surface area contributed by atoms with Gasteiger partial charge in [-0.1, -0.05) is 37.0 Å². The lowest BCUT2D eigenvalue weighted by molar-refractivity contribution is 0.0946. The maximum absolute atomic E-state index is 12.3. The van der Waals surface area contributed by atoms with Crippen molar-refractivity contribution in [2.24, 2.45) is 7.05 Å². The molecule has 0 bridgehead atoms. The minimum atomic E-state index is -0.173. The van der Waals surface area contributed by atoms with E-state index in [9.17, 15) is 4.79 Å². The van der Waals surface area contributed by atoms with Crippen molar-refractivity contribution in [1.82, 2.24) is 24.9 Å². The molecule has 1 N–H and O–H groups in total. The van der Waals surface area contributed by atoms with Crippen molar-refractivity contribution in [1.29, 1.82) is 0 Å². The third kappa shape index (κ3) is 5.05. The normalized spacial score (nSPS) is 11.1. The molecule has 0 spiro atoms. The van der Waals surface area contributed by atoms with E-state index in [0.717, 1.165) is 36.2 Å². The van der Waals surface area contributed by atoms with E-state index in [2.05, 4.69) is 24.3 Å². The molecule has 6 nitrogen and oxygen atoms in total. The second-order valence-electron chi connectivity index (χ2n) is 7.31. The first-order valence-electron chi connectivity index (χ1n) is 10.1. The second-order valence-corrected chi connectivity index (χ2v) is 8.18. The van der Waals surface area contributed by atoms with Crippen LogP contribution in [0.5, 0.6) is 0 Å². The molecule has 0 aliphatic heterocycles. The predicted octanol–water partition coefficient (Wildman–Crippen LogP) is 4.38. The summed E-state index contributed by atoms with van der Waals surface area (Å²) in [5.41, 5.74) is 5.89. The first-order valence-corrected chi connectivity index (χ1v) is 10.9. The molecule has 0 fully saturated rings. The van der Waals surface area contributed by atoms with Crippen LogP contribution >= 0.6 is 23.2 Å². The maximum Gasteiger partial charge on any atom is 0.271 e. The Morgan fingerprint density at radius 1 is 1.07 bits per heavy atom.